The quantitative estimate of drug-likeness (QED) is 0.282. The van der Waals surface area contributed by atoms with Crippen molar-refractivity contribution in [1.29, 1.82) is 0 Å². The number of nitrogen functional groups attached to an aromatic ring is 1. The topological polar surface area (TPSA) is 124 Å². The van der Waals surface area contributed by atoms with Crippen LogP contribution in [0.25, 0.3) is 16.9 Å². The second kappa shape index (κ2) is 7.93. The number of benzene rings is 1. The van der Waals surface area contributed by atoms with Crippen LogP contribution in [0.2, 0.25) is 0 Å². The van der Waals surface area contributed by atoms with E-state index in [2.05, 4.69) is 15.3 Å². The van der Waals surface area contributed by atoms with Gasteiger partial charge >= 0.3 is 5.69 Å². The predicted octanol–water partition coefficient (Wildman–Crippen LogP) is 3.33. The SMILES string of the molecule is Nc1nc(CCCNc2nc(-c3ccccc3)cc3nccn23)ccc1[N+](=O)[O-]. The lowest BCUT2D eigenvalue weighted by Crippen LogP contribution is -2.10. The molecule has 0 fully saturated rings. The van der Waals surface area contributed by atoms with Crippen molar-refractivity contribution in [3.05, 3.63) is 76.7 Å². The van der Waals surface area contributed by atoms with Crippen molar-refractivity contribution in [2.75, 3.05) is 17.6 Å². The summed E-state index contributed by atoms with van der Waals surface area (Å²) in [5.74, 6) is 0.646. The Kier molecular flexibility index (Phi) is 5.02. The Labute approximate surface area is 166 Å². The Hall–Kier alpha value is -4.01. The van der Waals surface area contributed by atoms with Crippen molar-refractivity contribution >= 4 is 23.1 Å². The fourth-order valence-electron chi connectivity index (χ4n) is 3.08. The van der Waals surface area contributed by atoms with Gasteiger partial charge in [0.2, 0.25) is 11.8 Å². The minimum atomic E-state index is -0.532. The van der Waals surface area contributed by atoms with Gasteiger partial charge in [0, 0.05) is 42.3 Å². The fourth-order valence-corrected chi connectivity index (χ4v) is 3.08. The molecular formula is C20H19N7O2. The van der Waals surface area contributed by atoms with Crippen LogP contribution >= 0.6 is 0 Å². The molecule has 0 bridgehead atoms. The zero-order chi connectivity index (χ0) is 20.2. The molecular weight excluding hydrogens is 370 g/mol. The number of nitro groups is 1. The molecule has 4 rings (SSSR count). The number of anilines is 2. The highest BCUT2D eigenvalue weighted by molar-refractivity contribution is 5.65. The van der Waals surface area contributed by atoms with E-state index in [9.17, 15) is 10.1 Å². The van der Waals surface area contributed by atoms with Gasteiger partial charge in [-0.3, -0.25) is 14.5 Å². The van der Waals surface area contributed by atoms with E-state index in [1.165, 1.54) is 6.07 Å². The van der Waals surface area contributed by atoms with Crippen molar-refractivity contribution < 1.29 is 4.92 Å². The second-order valence-electron chi connectivity index (χ2n) is 6.48. The van der Waals surface area contributed by atoms with E-state index in [-0.39, 0.29) is 11.5 Å². The molecule has 29 heavy (non-hydrogen) atoms. The molecule has 0 atom stereocenters. The molecule has 9 heteroatoms. The molecule has 0 saturated heterocycles. The van der Waals surface area contributed by atoms with Crippen LogP contribution in [-0.4, -0.2) is 30.8 Å². The van der Waals surface area contributed by atoms with E-state index < -0.39 is 4.92 Å². The molecule has 0 amide bonds. The maximum Gasteiger partial charge on any atom is 0.311 e. The van der Waals surface area contributed by atoms with Crippen molar-refractivity contribution in [2.45, 2.75) is 12.8 Å². The molecule has 3 N–H and O–H groups in total. The van der Waals surface area contributed by atoms with Crippen LogP contribution in [0.1, 0.15) is 12.1 Å². The lowest BCUT2D eigenvalue weighted by molar-refractivity contribution is -0.384. The second-order valence-corrected chi connectivity index (χ2v) is 6.48. The summed E-state index contributed by atoms with van der Waals surface area (Å²) < 4.78 is 1.90. The van der Waals surface area contributed by atoms with Crippen LogP contribution in [0.15, 0.2) is 60.9 Å². The normalized spacial score (nSPS) is 10.9. The molecule has 9 nitrogen and oxygen atoms in total. The van der Waals surface area contributed by atoms with Crippen molar-refractivity contribution in [1.82, 2.24) is 19.4 Å². The summed E-state index contributed by atoms with van der Waals surface area (Å²) in [6, 6.07) is 14.9. The van der Waals surface area contributed by atoms with Crippen LogP contribution in [-0.2, 0) is 6.42 Å². The number of nitrogens with one attached hydrogen (secondary N) is 1. The first-order chi connectivity index (χ1) is 14.1. The number of fused-ring (bicyclic) bond motifs is 1. The van der Waals surface area contributed by atoms with Crippen LogP contribution in [0.4, 0.5) is 17.5 Å². The molecule has 0 aliphatic heterocycles. The fraction of sp³-hybridized carbons (Fsp3) is 0.150. The van der Waals surface area contributed by atoms with Gasteiger partial charge in [-0.2, -0.15) is 0 Å². The lowest BCUT2D eigenvalue weighted by Gasteiger charge is -2.10. The van der Waals surface area contributed by atoms with Crippen LogP contribution in [0.3, 0.4) is 0 Å². The maximum atomic E-state index is 10.8. The van der Waals surface area contributed by atoms with E-state index in [1.807, 2.05) is 47.0 Å². The van der Waals surface area contributed by atoms with Gasteiger partial charge < -0.3 is 11.1 Å². The number of rotatable bonds is 7. The average molecular weight is 389 g/mol. The first kappa shape index (κ1) is 18.4. The minimum Gasteiger partial charge on any atom is -0.378 e. The number of nitrogens with two attached hydrogens (primary N) is 1. The maximum absolute atomic E-state index is 10.8. The van der Waals surface area contributed by atoms with Gasteiger partial charge in [-0.05, 0) is 18.9 Å². The Morgan fingerprint density at radius 1 is 1.14 bits per heavy atom. The molecule has 0 radical (unpaired) electrons. The third-order valence-electron chi connectivity index (χ3n) is 4.51. The molecule has 0 spiro atoms. The molecule has 146 valence electrons. The Morgan fingerprint density at radius 3 is 2.72 bits per heavy atom. The summed E-state index contributed by atoms with van der Waals surface area (Å²) in [5, 5.41) is 14.2. The summed E-state index contributed by atoms with van der Waals surface area (Å²) in [7, 11) is 0. The zero-order valence-corrected chi connectivity index (χ0v) is 15.5. The van der Waals surface area contributed by atoms with Gasteiger partial charge in [-0.25, -0.2) is 15.0 Å². The van der Waals surface area contributed by atoms with Crippen molar-refractivity contribution in [3.8, 4) is 11.3 Å². The number of hydrogen-bond acceptors (Lipinski definition) is 7. The molecule has 3 heterocycles. The molecule has 0 saturated carbocycles. The smallest absolute Gasteiger partial charge is 0.311 e. The Balaban J connectivity index is 1.45. The summed E-state index contributed by atoms with van der Waals surface area (Å²) in [5.41, 5.74) is 8.87. The number of nitrogens with zero attached hydrogens (tertiary/aromatic N) is 5. The first-order valence-corrected chi connectivity index (χ1v) is 9.15. The summed E-state index contributed by atoms with van der Waals surface area (Å²) >= 11 is 0. The molecule has 1 aromatic carbocycles. The number of hydrogen-bond donors (Lipinski definition) is 2. The average Bonchev–Trinajstić information content (AvgIpc) is 3.20. The van der Waals surface area contributed by atoms with E-state index in [0.29, 0.717) is 24.6 Å². The molecule has 0 aliphatic rings. The van der Waals surface area contributed by atoms with Crippen LogP contribution in [0, 0.1) is 10.1 Å². The van der Waals surface area contributed by atoms with E-state index in [4.69, 9.17) is 10.7 Å². The van der Waals surface area contributed by atoms with E-state index in [1.54, 1.807) is 12.3 Å². The summed E-state index contributed by atoms with van der Waals surface area (Å²) in [6.45, 7) is 0.650. The summed E-state index contributed by atoms with van der Waals surface area (Å²) in [4.78, 5) is 23.5. The third-order valence-corrected chi connectivity index (χ3v) is 4.51. The number of aromatic nitrogens is 4. The predicted molar refractivity (Wildman–Crippen MR) is 111 cm³/mol. The zero-order valence-electron chi connectivity index (χ0n) is 15.5. The molecule has 0 aliphatic carbocycles. The highest BCUT2D eigenvalue weighted by Crippen LogP contribution is 2.22. The van der Waals surface area contributed by atoms with E-state index in [0.717, 1.165) is 23.3 Å². The van der Waals surface area contributed by atoms with Crippen LogP contribution < -0.4 is 11.1 Å². The first-order valence-electron chi connectivity index (χ1n) is 9.15. The van der Waals surface area contributed by atoms with Crippen LogP contribution in [0.5, 0.6) is 0 Å². The highest BCUT2D eigenvalue weighted by atomic mass is 16.6. The lowest BCUT2D eigenvalue weighted by atomic mass is 10.1. The van der Waals surface area contributed by atoms with Crippen molar-refractivity contribution in [2.24, 2.45) is 0 Å². The Bertz CT molecular complexity index is 1160. The van der Waals surface area contributed by atoms with Gasteiger partial charge in [0.15, 0.2) is 0 Å². The molecule has 0 unspecified atom stereocenters. The Morgan fingerprint density at radius 2 is 1.97 bits per heavy atom. The van der Waals surface area contributed by atoms with E-state index >= 15 is 0 Å². The number of aryl methyl sites for hydroxylation is 1. The van der Waals surface area contributed by atoms with Gasteiger partial charge in [-0.1, -0.05) is 30.3 Å². The highest BCUT2D eigenvalue weighted by Gasteiger charge is 2.13. The third kappa shape index (κ3) is 3.98. The largest absolute Gasteiger partial charge is 0.378 e. The summed E-state index contributed by atoms with van der Waals surface area (Å²) in [6.07, 6.45) is 5.00. The van der Waals surface area contributed by atoms with Gasteiger partial charge in [0.1, 0.15) is 5.65 Å². The van der Waals surface area contributed by atoms with Gasteiger partial charge in [0.05, 0.1) is 10.6 Å². The minimum absolute atomic E-state index is 0.0576. The molecule has 3 aromatic heterocycles. The monoisotopic (exact) mass is 389 g/mol. The van der Waals surface area contributed by atoms with Gasteiger partial charge in [0.25, 0.3) is 0 Å². The molecule has 4 aromatic rings. The standard InChI is InChI=1S/C20H19N7O2/c21-19-17(27(28)29)9-8-15(24-19)7-4-10-23-20-25-16(14-5-2-1-3-6-14)13-18-22-11-12-26(18)20/h1-3,5-6,8-9,11-13H,4,7,10H2,(H2,21,24)(H,23,25). The van der Waals surface area contributed by atoms with Crippen molar-refractivity contribution in [3.63, 3.8) is 0 Å². The number of imidazole rings is 1. The van der Waals surface area contributed by atoms with Gasteiger partial charge in [-0.15, -0.1) is 0 Å². The number of pyridine rings is 1.